The number of anilines is 1. The molecule has 28 heavy (non-hydrogen) atoms. The third kappa shape index (κ3) is 2.57. The molecule has 2 saturated heterocycles. The Bertz CT molecular complexity index is 1040. The van der Waals surface area contributed by atoms with Crippen LogP contribution in [0.15, 0.2) is 42.7 Å². The Hall–Kier alpha value is -2.36. The second-order valence-electron chi connectivity index (χ2n) is 7.43. The molecule has 5 rings (SSSR count). The summed E-state index contributed by atoms with van der Waals surface area (Å²) in [6.07, 6.45) is 6.99. The minimum Gasteiger partial charge on any atom is -0.445 e. The molecule has 2 aliphatic heterocycles. The van der Waals surface area contributed by atoms with E-state index in [-0.39, 0.29) is 18.7 Å². The third-order valence-electron chi connectivity index (χ3n) is 5.97. The highest BCUT2D eigenvalue weighted by molar-refractivity contribution is 14.1. The summed E-state index contributed by atoms with van der Waals surface area (Å²) in [5.74, 6) is 1.31. The zero-order valence-electron chi connectivity index (χ0n) is 15.2. The Kier molecular flexibility index (Phi) is 4.18. The van der Waals surface area contributed by atoms with Crippen molar-refractivity contribution < 1.29 is 9.53 Å². The molecule has 0 radical (unpaired) electrons. The van der Waals surface area contributed by atoms with Crippen molar-refractivity contribution in [1.82, 2.24) is 19.3 Å². The first-order valence-electron chi connectivity index (χ1n) is 9.39. The molecule has 2 aliphatic rings. The number of nitrogens with zero attached hydrogens (tertiary/aromatic N) is 4. The summed E-state index contributed by atoms with van der Waals surface area (Å²) in [6, 6.07) is 9.96. The molecule has 8 heteroatoms. The van der Waals surface area contributed by atoms with Gasteiger partial charge in [0.05, 0.1) is 0 Å². The maximum Gasteiger partial charge on any atom is 0.411 e. The molecule has 2 N–H and O–H groups in total. The SMILES string of the molecule is Nc1nccn2c(C34CCC(CC3)N4C(=O)OCc3ccccc3)nc(I)c12. The summed E-state index contributed by atoms with van der Waals surface area (Å²) in [5.41, 5.74) is 7.43. The number of amides is 1. The molecule has 1 amide bonds. The Balaban J connectivity index is 1.50. The topological polar surface area (TPSA) is 85.8 Å². The summed E-state index contributed by atoms with van der Waals surface area (Å²) >= 11 is 2.19. The smallest absolute Gasteiger partial charge is 0.411 e. The fraction of sp³-hybridized carbons (Fsp3) is 0.350. The average Bonchev–Trinajstić information content (AvgIpc) is 3.38. The molecule has 2 fully saturated rings. The van der Waals surface area contributed by atoms with Crippen LogP contribution in [0.5, 0.6) is 0 Å². The molecule has 2 aromatic heterocycles. The van der Waals surface area contributed by atoms with Crippen molar-refractivity contribution in [3.8, 4) is 0 Å². The fourth-order valence-electron chi connectivity index (χ4n) is 4.72. The number of ether oxygens (including phenoxy) is 1. The number of fused-ring (bicyclic) bond motifs is 3. The van der Waals surface area contributed by atoms with Gasteiger partial charge in [0.1, 0.15) is 27.2 Å². The van der Waals surface area contributed by atoms with Crippen molar-refractivity contribution in [3.05, 3.63) is 57.8 Å². The first-order valence-corrected chi connectivity index (χ1v) is 10.5. The van der Waals surface area contributed by atoms with Gasteiger partial charge in [0.2, 0.25) is 0 Å². The monoisotopic (exact) mass is 489 g/mol. The van der Waals surface area contributed by atoms with E-state index in [0.717, 1.165) is 46.3 Å². The van der Waals surface area contributed by atoms with E-state index in [2.05, 4.69) is 27.6 Å². The van der Waals surface area contributed by atoms with Crippen LogP contribution in [0.2, 0.25) is 0 Å². The maximum atomic E-state index is 13.1. The van der Waals surface area contributed by atoms with E-state index in [1.165, 1.54) is 0 Å². The van der Waals surface area contributed by atoms with Gasteiger partial charge in [-0.25, -0.2) is 14.8 Å². The first-order chi connectivity index (χ1) is 13.6. The largest absolute Gasteiger partial charge is 0.445 e. The van der Waals surface area contributed by atoms with Crippen LogP contribution < -0.4 is 5.73 Å². The van der Waals surface area contributed by atoms with Gasteiger partial charge in [-0.1, -0.05) is 30.3 Å². The number of nitrogens with two attached hydrogens (primary N) is 1. The summed E-state index contributed by atoms with van der Waals surface area (Å²) < 4.78 is 8.49. The lowest BCUT2D eigenvalue weighted by Crippen LogP contribution is -2.44. The number of nitrogen functional groups attached to an aromatic ring is 1. The van der Waals surface area contributed by atoms with Gasteiger partial charge >= 0.3 is 6.09 Å². The predicted octanol–water partition coefficient (Wildman–Crippen LogP) is 3.71. The Morgan fingerprint density at radius 2 is 2.04 bits per heavy atom. The Morgan fingerprint density at radius 3 is 2.79 bits per heavy atom. The average molecular weight is 489 g/mol. The first kappa shape index (κ1) is 17.7. The van der Waals surface area contributed by atoms with E-state index in [1.54, 1.807) is 6.20 Å². The third-order valence-corrected chi connectivity index (χ3v) is 6.72. The van der Waals surface area contributed by atoms with Gasteiger partial charge in [0.25, 0.3) is 0 Å². The molecule has 2 bridgehead atoms. The zero-order chi connectivity index (χ0) is 19.3. The number of aromatic nitrogens is 3. The number of hydrogen-bond acceptors (Lipinski definition) is 5. The molecule has 3 aromatic rings. The highest BCUT2D eigenvalue weighted by Crippen LogP contribution is 2.53. The summed E-state index contributed by atoms with van der Waals surface area (Å²) in [5, 5.41) is 0. The molecule has 7 nitrogen and oxygen atoms in total. The van der Waals surface area contributed by atoms with E-state index in [9.17, 15) is 4.79 Å². The van der Waals surface area contributed by atoms with Crippen molar-refractivity contribution in [2.45, 2.75) is 43.9 Å². The van der Waals surface area contributed by atoms with Crippen molar-refractivity contribution >= 4 is 40.0 Å². The lowest BCUT2D eigenvalue weighted by Gasteiger charge is -2.33. The lowest BCUT2D eigenvalue weighted by atomic mass is 9.87. The molecule has 0 aliphatic carbocycles. The van der Waals surface area contributed by atoms with Crippen molar-refractivity contribution in [2.75, 3.05) is 5.73 Å². The molecule has 1 aromatic carbocycles. The molecule has 0 atom stereocenters. The lowest BCUT2D eigenvalue weighted by molar-refractivity contribution is 0.0649. The van der Waals surface area contributed by atoms with Gasteiger partial charge in [-0.3, -0.25) is 9.30 Å². The Morgan fingerprint density at radius 1 is 1.29 bits per heavy atom. The van der Waals surface area contributed by atoms with Crippen LogP contribution in [0.3, 0.4) is 0 Å². The van der Waals surface area contributed by atoms with Gasteiger partial charge in [0, 0.05) is 18.4 Å². The molecule has 4 heterocycles. The van der Waals surface area contributed by atoms with Crippen LogP contribution in [0.4, 0.5) is 10.6 Å². The zero-order valence-corrected chi connectivity index (χ0v) is 17.4. The standard InChI is InChI=1S/C20H20IN5O2/c21-16-15-17(22)23-10-11-25(15)18(24-16)20-8-6-14(7-9-20)26(20)19(27)28-12-13-4-2-1-3-5-13/h1-5,10-11,14H,6-9,12H2,(H2,22,23). The van der Waals surface area contributed by atoms with Gasteiger partial charge in [-0.05, 0) is 53.8 Å². The van der Waals surface area contributed by atoms with E-state index in [4.69, 9.17) is 15.5 Å². The number of halogens is 1. The highest BCUT2D eigenvalue weighted by Gasteiger charge is 2.58. The minimum atomic E-state index is -0.446. The maximum absolute atomic E-state index is 13.1. The summed E-state index contributed by atoms with van der Waals surface area (Å²) in [6.45, 7) is 0.274. The van der Waals surface area contributed by atoms with Crippen LogP contribution in [0, 0.1) is 3.70 Å². The van der Waals surface area contributed by atoms with E-state index in [1.807, 2.05) is 45.8 Å². The van der Waals surface area contributed by atoms with Gasteiger partial charge in [-0.2, -0.15) is 0 Å². The molecule has 0 unspecified atom stereocenters. The second kappa shape index (κ2) is 6.61. The number of rotatable bonds is 3. The molecule has 0 spiro atoms. The van der Waals surface area contributed by atoms with Gasteiger partial charge in [-0.15, -0.1) is 0 Å². The van der Waals surface area contributed by atoms with E-state index >= 15 is 0 Å². The van der Waals surface area contributed by atoms with Crippen LogP contribution >= 0.6 is 22.6 Å². The summed E-state index contributed by atoms with van der Waals surface area (Å²) in [4.78, 5) is 24.0. The predicted molar refractivity (Wildman–Crippen MR) is 113 cm³/mol. The molecular weight excluding hydrogens is 469 g/mol. The normalized spacial score (nSPS) is 23.5. The van der Waals surface area contributed by atoms with Crippen molar-refractivity contribution in [2.24, 2.45) is 0 Å². The quantitative estimate of drug-likeness (QED) is 0.568. The van der Waals surface area contributed by atoms with E-state index < -0.39 is 5.54 Å². The van der Waals surface area contributed by atoms with Crippen molar-refractivity contribution in [3.63, 3.8) is 0 Å². The number of carbonyl (C=O) groups is 1. The number of benzene rings is 1. The number of imidazole rings is 1. The van der Waals surface area contributed by atoms with Crippen LogP contribution in [-0.2, 0) is 16.9 Å². The van der Waals surface area contributed by atoms with Crippen LogP contribution in [0.25, 0.3) is 5.52 Å². The molecule has 0 saturated carbocycles. The van der Waals surface area contributed by atoms with Crippen molar-refractivity contribution in [1.29, 1.82) is 0 Å². The van der Waals surface area contributed by atoms with Crippen LogP contribution in [-0.4, -0.2) is 31.4 Å². The fourth-order valence-corrected chi connectivity index (χ4v) is 5.49. The second-order valence-corrected chi connectivity index (χ2v) is 8.45. The van der Waals surface area contributed by atoms with Crippen LogP contribution in [0.1, 0.15) is 37.1 Å². The van der Waals surface area contributed by atoms with Gasteiger partial charge in [0.15, 0.2) is 5.82 Å². The van der Waals surface area contributed by atoms with E-state index in [0.29, 0.717) is 5.82 Å². The number of carbonyl (C=O) groups excluding carboxylic acids is 1. The number of hydrogen-bond donors (Lipinski definition) is 1. The Labute approximate surface area is 176 Å². The molecule has 144 valence electrons. The minimum absolute atomic E-state index is 0.201. The summed E-state index contributed by atoms with van der Waals surface area (Å²) in [7, 11) is 0. The highest BCUT2D eigenvalue weighted by atomic mass is 127. The molecular formula is C20H20IN5O2. The van der Waals surface area contributed by atoms with Gasteiger partial charge < -0.3 is 10.5 Å².